The van der Waals surface area contributed by atoms with E-state index in [-0.39, 0.29) is 0 Å². The van der Waals surface area contributed by atoms with E-state index in [1.54, 1.807) is 6.20 Å². The second-order valence-electron chi connectivity index (χ2n) is 2.25. The lowest BCUT2D eigenvalue weighted by molar-refractivity contribution is 0.225. The molecule has 0 saturated carbocycles. The molecule has 1 aromatic heterocycles. The SMILES string of the molecule is [CH2]C(O)c1ccc(C)nc1. The van der Waals surface area contributed by atoms with Gasteiger partial charge in [-0.2, -0.15) is 0 Å². The summed E-state index contributed by atoms with van der Waals surface area (Å²) < 4.78 is 0. The first-order chi connectivity index (χ1) is 4.70. The normalized spacial score (nSPS) is 13.1. The molecule has 1 heterocycles. The van der Waals surface area contributed by atoms with Crippen molar-refractivity contribution < 1.29 is 5.11 Å². The quantitative estimate of drug-likeness (QED) is 0.630. The largest absolute Gasteiger partial charge is 0.388 e. The van der Waals surface area contributed by atoms with Gasteiger partial charge in [0.15, 0.2) is 0 Å². The highest BCUT2D eigenvalue weighted by Gasteiger charge is 1.98. The van der Waals surface area contributed by atoms with E-state index < -0.39 is 6.10 Å². The highest BCUT2D eigenvalue weighted by molar-refractivity contribution is 5.15. The van der Waals surface area contributed by atoms with Crippen molar-refractivity contribution in [3.05, 3.63) is 36.5 Å². The first kappa shape index (κ1) is 7.22. The van der Waals surface area contributed by atoms with Gasteiger partial charge in [0, 0.05) is 11.9 Å². The van der Waals surface area contributed by atoms with Crippen LogP contribution in [0.3, 0.4) is 0 Å². The Hall–Kier alpha value is -0.890. The molecule has 0 spiro atoms. The van der Waals surface area contributed by atoms with Crippen molar-refractivity contribution in [3.8, 4) is 0 Å². The Morgan fingerprint density at radius 3 is 2.70 bits per heavy atom. The predicted octanol–water partition coefficient (Wildman–Crippen LogP) is 1.26. The third-order valence-electron chi connectivity index (χ3n) is 1.32. The first-order valence-corrected chi connectivity index (χ1v) is 3.14. The maximum absolute atomic E-state index is 8.96. The van der Waals surface area contributed by atoms with Crippen LogP contribution < -0.4 is 0 Å². The molecule has 0 aromatic carbocycles. The fourth-order valence-corrected chi connectivity index (χ4v) is 0.676. The zero-order chi connectivity index (χ0) is 7.56. The summed E-state index contributed by atoms with van der Waals surface area (Å²) in [5.41, 5.74) is 1.70. The van der Waals surface area contributed by atoms with Crippen molar-refractivity contribution in [1.29, 1.82) is 0 Å². The van der Waals surface area contributed by atoms with Crippen molar-refractivity contribution in [1.82, 2.24) is 4.98 Å². The molecular formula is C8H10NO. The maximum Gasteiger partial charge on any atom is 0.0806 e. The summed E-state index contributed by atoms with van der Waals surface area (Å²) in [6.45, 7) is 5.36. The molecule has 0 amide bonds. The van der Waals surface area contributed by atoms with Crippen molar-refractivity contribution >= 4 is 0 Å². The van der Waals surface area contributed by atoms with Gasteiger partial charge in [0.25, 0.3) is 0 Å². The summed E-state index contributed by atoms with van der Waals surface area (Å²) in [4.78, 5) is 4.00. The Morgan fingerprint density at radius 2 is 2.30 bits per heavy atom. The average molecular weight is 136 g/mol. The van der Waals surface area contributed by atoms with Gasteiger partial charge in [-0.25, -0.2) is 0 Å². The molecule has 53 valence electrons. The number of rotatable bonds is 1. The number of hydrogen-bond donors (Lipinski definition) is 1. The number of aromatic nitrogens is 1. The van der Waals surface area contributed by atoms with Crippen LogP contribution in [0.15, 0.2) is 18.3 Å². The topological polar surface area (TPSA) is 33.1 Å². The van der Waals surface area contributed by atoms with E-state index in [0.717, 1.165) is 11.3 Å². The second kappa shape index (κ2) is 2.80. The summed E-state index contributed by atoms with van der Waals surface area (Å²) >= 11 is 0. The molecule has 1 radical (unpaired) electrons. The lowest BCUT2D eigenvalue weighted by Crippen LogP contribution is -1.92. The lowest BCUT2D eigenvalue weighted by Gasteiger charge is -2.01. The van der Waals surface area contributed by atoms with E-state index >= 15 is 0 Å². The molecule has 1 atom stereocenters. The van der Waals surface area contributed by atoms with Crippen LogP contribution >= 0.6 is 0 Å². The number of hydrogen-bond acceptors (Lipinski definition) is 2. The van der Waals surface area contributed by atoms with Gasteiger partial charge in [-0.3, -0.25) is 4.98 Å². The van der Waals surface area contributed by atoms with Crippen LogP contribution in [0.1, 0.15) is 17.4 Å². The molecule has 1 N–H and O–H groups in total. The van der Waals surface area contributed by atoms with Crippen LogP contribution in [0.2, 0.25) is 0 Å². The average Bonchev–Trinajstić information content (AvgIpc) is 1.88. The number of nitrogens with zero attached hydrogens (tertiary/aromatic N) is 1. The number of aliphatic hydroxyl groups is 1. The van der Waals surface area contributed by atoms with Crippen LogP contribution in [0, 0.1) is 13.8 Å². The molecular weight excluding hydrogens is 126 g/mol. The van der Waals surface area contributed by atoms with E-state index in [9.17, 15) is 0 Å². The molecule has 0 aliphatic carbocycles. The molecule has 1 unspecified atom stereocenters. The lowest BCUT2D eigenvalue weighted by atomic mass is 10.2. The smallest absolute Gasteiger partial charge is 0.0806 e. The van der Waals surface area contributed by atoms with E-state index in [0.29, 0.717) is 0 Å². The molecule has 0 bridgehead atoms. The Labute approximate surface area is 60.5 Å². The molecule has 0 aliphatic heterocycles. The standard InChI is InChI=1S/C8H10NO/c1-6-3-4-8(5-9-6)7(2)10/h3-5,7,10H,2H2,1H3. The fourth-order valence-electron chi connectivity index (χ4n) is 0.676. The minimum Gasteiger partial charge on any atom is -0.388 e. The van der Waals surface area contributed by atoms with E-state index in [1.807, 2.05) is 19.1 Å². The van der Waals surface area contributed by atoms with Gasteiger partial charge in [0.05, 0.1) is 6.10 Å². The summed E-state index contributed by atoms with van der Waals surface area (Å²) in [5, 5.41) is 8.96. The highest BCUT2D eigenvalue weighted by atomic mass is 16.3. The Kier molecular flexibility index (Phi) is 2.02. The van der Waals surface area contributed by atoms with E-state index in [4.69, 9.17) is 5.11 Å². The molecule has 2 nitrogen and oxygen atoms in total. The Morgan fingerprint density at radius 1 is 1.60 bits per heavy atom. The summed E-state index contributed by atoms with van der Waals surface area (Å²) in [6, 6.07) is 3.67. The van der Waals surface area contributed by atoms with Gasteiger partial charge in [-0.15, -0.1) is 0 Å². The third-order valence-corrected chi connectivity index (χ3v) is 1.32. The molecule has 0 fully saturated rings. The summed E-state index contributed by atoms with van der Waals surface area (Å²) in [5.74, 6) is 0. The Bertz CT molecular complexity index is 203. The highest BCUT2D eigenvalue weighted by Crippen LogP contribution is 2.08. The zero-order valence-corrected chi connectivity index (χ0v) is 5.91. The van der Waals surface area contributed by atoms with Gasteiger partial charge in [-0.1, -0.05) is 6.07 Å². The number of aliphatic hydroxyl groups excluding tert-OH is 1. The number of aryl methyl sites for hydroxylation is 1. The van der Waals surface area contributed by atoms with Crippen LogP contribution in [0.25, 0.3) is 0 Å². The predicted molar refractivity (Wildman–Crippen MR) is 39.3 cm³/mol. The minimum atomic E-state index is -0.659. The van der Waals surface area contributed by atoms with Gasteiger partial charge in [0.1, 0.15) is 0 Å². The van der Waals surface area contributed by atoms with Gasteiger partial charge in [-0.05, 0) is 25.5 Å². The maximum atomic E-state index is 8.96. The molecule has 0 saturated heterocycles. The van der Waals surface area contributed by atoms with Crippen LogP contribution in [-0.4, -0.2) is 10.1 Å². The zero-order valence-electron chi connectivity index (χ0n) is 5.91. The van der Waals surface area contributed by atoms with Gasteiger partial charge in [0.2, 0.25) is 0 Å². The molecule has 1 rings (SSSR count). The fraction of sp³-hybridized carbons (Fsp3) is 0.250. The van der Waals surface area contributed by atoms with Crippen molar-refractivity contribution in [2.45, 2.75) is 13.0 Å². The Balaban J connectivity index is 2.89. The van der Waals surface area contributed by atoms with Crippen LogP contribution in [-0.2, 0) is 0 Å². The van der Waals surface area contributed by atoms with Gasteiger partial charge >= 0.3 is 0 Å². The van der Waals surface area contributed by atoms with Crippen molar-refractivity contribution in [2.24, 2.45) is 0 Å². The second-order valence-corrected chi connectivity index (χ2v) is 2.25. The molecule has 2 heteroatoms. The first-order valence-electron chi connectivity index (χ1n) is 3.14. The third kappa shape index (κ3) is 1.54. The van der Waals surface area contributed by atoms with Crippen LogP contribution in [0.4, 0.5) is 0 Å². The van der Waals surface area contributed by atoms with E-state index in [1.165, 1.54) is 0 Å². The van der Waals surface area contributed by atoms with E-state index in [2.05, 4.69) is 11.9 Å². The number of pyridine rings is 1. The monoisotopic (exact) mass is 136 g/mol. The van der Waals surface area contributed by atoms with Crippen molar-refractivity contribution in [3.63, 3.8) is 0 Å². The van der Waals surface area contributed by atoms with Gasteiger partial charge < -0.3 is 5.11 Å². The summed E-state index contributed by atoms with van der Waals surface area (Å²) in [6.07, 6.45) is 0.973. The minimum absolute atomic E-state index is 0.659. The molecule has 1 aromatic rings. The van der Waals surface area contributed by atoms with Crippen LogP contribution in [0.5, 0.6) is 0 Å². The molecule has 0 aliphatic rings. The molecule has 10 heavy (non-hydrogen) atoms. The van der Waals surface area contributed by atoms with Crippen molar-refractivity contribution in [2.75, 3.05) is 0 Å². The summed E-state index contributed by atoms with van der Waals surface area (Å²) in [7, 11) is 0.